The predicted octanol–water partition coefficient (Wildman–Crippen LogP) is 2.74. The summed E-state index contributed by atoms with van der Waals surface area (Å²) in [5, 5.41) is 0. The van der Waals surface area contributed by atoms with Crippen LogP contribution >= 0.6 is 0 Å². The number of hydrogen-bond donors (Lipinski definition) is 1. The van der Waals surface area contributed by atoms with Gasteiger partial charge < -0.3 is 4.74 Å². The minimum atomic E-state index is -4.05. The predicted molar refractivity (Wildman–Crippen MR) is 88.4 cm³/mol. The molecule has 0 aliphatic carbocycles. The van der Waals surface area contributed by atoms with Crippen molar-refractivity contribution in [1.82, 2.24) is 4.72 Å². The lowest BCUT2D eigenvalue weighted by Crippen LogP contribution is -2.29. The van der Waals surface area contributed by atoms with Crippen molar-refractivity contribution in [2.24, 2.45) is 0 Å². The molecule has 0 heterocycles. The van der Waals surface area contributed by atoms with Gasteiger partial charge in [0, 0.05) is 17.7 Å². The van der Waals surface area contributed by atoms with Crippen LogP contribution in [0.5, 0.6) is 5.75 Å². The first-order valence-electron chi connectivity index (χ1n) is 6.97. The second-order valence-corrected chi connectivity index (χ2v) is 6.64. The highest BCUT2D eigenvalue weighted by molar-refractivity contribution is 7.90. The third-order valence-corrected chi connectivity index (χ3v) is 4.58. The van der Waals surface area contributed by atoms with Crippen LogP contribution in [0.3, 0.4) is 0 Å². The topological polar surface area (TPSA) is 72.5 Å². The number of ether oxygens (including phenoxy) is 1. The van der Waals surface area contributed by atoms with E-state index in [-0.39, 0.29) is 10.5 Å². The van der Waals surface area contributed by atoms with Gasteiger partial charge in [-0.15, -0.1) is 0 Å². The Kier molecular flexibility index (Phi) is 5.35. The Morgan fingerprint density at radius 1 is 1.17 bits per heavy atom. The molecule has 5 nitrogen and oxygen atoms in total. The summed E-state index contributed by atoms with van der Waals surface area (Å²) in [6, 6.07) is 11.6. The fourth-order valence-corrected chi connectivity index (χ4v) is 3.02. The van der Waals surface area contributed by atoms with E-state index >= 15 is 0 Å². The zero-order chi connectivity index (χ0) is 17.7. The molecule has 2 rings (SSSR count). The normalized spacial score (nSPS) is 11.9. The van der Waals surface area contributed by atoms with Gasteiger partial charge in [-0.05, 0) is 30.7 Å². The maximum atomic E-state index is 13.7. The largest absolute Gasteiger partial charge is 0.497 e. The number of amides is 1. The maximum Gasteiger partial charge on any atom is 0.264 e. The van der Waals surface area contributed by atoms with E-state index in [1.165, 1.54) is 50.4 Å². The third-order valence-electron chi connectivity index (χ3n) is 3.23. The summed E-state index contributed by atoms with van der Waals surface area (Å²) in [7, 11) is -2.64. The molecule has 0 fully saturated rings. The molecule has 0 saturated heterocycles. The lowest BCUT2D eigenvalue weighted by atomic mass is 10.1. The van der Waals surface area contributed by atoms with E-state index in [9.17, 15) is 17.6 Å². The Labute approximate surface area is 139 Å². The molecular formula is C17H16FNO4S. The standard InChI is InChI=1S/C17H16FNO4S/c1-12(15-8-3-4-9-16(15)18)10-17(20)19-24(21,22)14-7-5-6-13(11-14)23-2/h3-11H,1-2H3,(H,19,20). The Balaban J connectivity index is 2.22. The van der Waals surface area contributed by atoms with Gasteiger partial charge >= 0.3 is 0 Å². The average molecular weight is 349 g/mol. The van der Waals surface area contributed by atoms with Gasteiger partial charge in [0.1, 0.15) is 11.6 Å². The quantitative estimate of drug-likeness (QED) is 0.843. The zero-order valence-electron chi connectivity index (χ0n) is 13.1. The first-order chi connectivity index (χ1) is 11.3. The number of hydrogen-bond acceptors (Lipinski definition) is 4. The fraction of sp³-hybridized carbons (Fsp3) is 0.118. The molecule has 2 aromatic rings. The third kappa shape index (κ3) is 4.20. The molecule has 2 aromatic carbocycles. The summed E-state index contributed by atoms with van der Waals surface area (Å²) in [5.41, 5.74) is 0.540. The van der Waals surface area contributed by atoms with Gasteiger partial charge in [0.2, 0.25) is 0 Å². The number of halogens is 1. The molecule has 24 heavy (non-hydrogen) atoms. The Morgan fingerprint density at radius 2 is 1.88 bits per heavy atom. The van der Waals surface area contributed by atoms with Crippen molar-refractivity contribution in [3.63, 3.8) is 0 Å². The number of rotatable bonds is 5. The molecule has 126 valence electrons. The van der Waals surface area contributed by atoms with Crippen molar-refractivity contribution in [3.05, 3.63) is 66.0 Å². The van der Waals surface area contributed by atoms with Crippen molar-refractivity contribution in [2.45, 2.75) is 11.8 Å². The molecular weight excluding hydrogens is 333 g/mol. The fourth-order valence-electron chi connectivity index (χ4n) is 2.04. The first kappa shape index (κ1) is 17.7. The molecule has 0 saturated carbocycles. The molecule has 0 radical (unpaired) electrons. The molecule has 0 aliphatic heterocycles. The number of allylic oxidation sites excluding steroid dienone is 1. The summed E-state index contributed by atoms with van der Waals surface area (Å²) < 4.78 is 45.0. The highest BCUT2D eigenvalue weighted by Gasteiger charge is 2.17. The molecule has 0 unspecified atom stereocenters. The minimum absolute atomic E-state index is 0.104. The van der Waals surface area contributed by atoms with Crippen molar-refractivity contribution in [3.8, 4) is 5.75 Å². The minimum Gasteiger partial charge on any atom is -0.497 e. The summed E-state index contributed by atoms with van der Waals surface area (Å²) in [5.74, 6) is -1.00. The molecule has 7 heteroatoms. The first-order valence-corrected chi connectivity index (χ1v) is 8.46. The van der Waals surface area contributed by atoms with Gasteiger partial charge in [-0.25, -0.2) is 17.5 Å². The van der Waals surface area contributed by atoms with E-state index in [1.54, 1.807) is 12.1 Å². The Morgan fingerprint density at radius 3 is 2.54 bits per heavy atom. The van der Waals surface area contributed by atoms with E-state index in [4.69, 9.17) is 4.74 Å². The molecule has 0 aliphatic rings. The van der Waals surface area contributed by atoms with Crippen molar-refractivity contribution < 1.29 is 22.3 Å². The number of methoxy groups -OCH3 is 1. The van der Waals surface area contributed by atoms with E-state index in [0.717, 1.165) is 6.08 Å². The number of nitrogens with one attached hydrogen (secondary N) is 1. The van der Waals surface area contributed by atoms with Crippen molar-refractivity contribution in [2.75, 3.05) is 7.11 Å². The van der Waals surface area contributed by atoms with Crippen molar-refractivity contribution >= 4 is 21.5 Å². The molecule has 0 bridgehead atoms. The second kappa shape index (κ2) is 7.27. The van der Waals surface area contributed by atoms with E-state index in [0.29, 0.717) is 11.3 Å². The highest BCUT2D eigenvalue weighted by atomic mass is 32.2. The van der Waals surface area contributed by atoms with Crippen LogP contribution < -0.4 is 9.46 Å². The van der Waals surface area contributed by atoms with Gasteiger partial charge in [-0.1, -0.05) is 24.3 Å². The smallest absolute Gasteiger partial charge is 0.264 e. The summed E-state index contributed by atoms with van der Waals surface area (Å²) in [6.07, 6.45) is 1.04. The second-order valence-electron chi connectivity index (χ2n) is 4.96. The average Bonchev–Trinajstić information content (AvgIpc) is 2.54. The summed E-state index contributed by atoms with van der Waals surface area (Å²) >= 11 is 0. The van der Waals surface area contributed by atoms with Gasteiger partial charge in [0.25, 0.3) is 15.9 Å². The van der Waals surface area contributed by atoms with Crippen LogP contribution in [0.2, 0.25) is 0 Å². The molecule has 0 atom stereocenters. The maximum absolute atomic E-state index is 13.7. The van der Waals surface area contributed by atoms with Gasteiger partial charge in [0.05, 0.1) is 12.0 Å². The van der Waals surface area contributed by atoms with Crippen LogP contribution in [0.1, 0.15) is 12.5 Å². The van der Waals surface area contributed by atoms with Crippen LogP contribution in [0.25, 0.3) is 5.57 Å². The number of carbonyl (C=O) groups is 1. The monoisotopic (exact) mass is 349 g/mol. The van der Waals surface area contributed by atoms with Gasteiger partial charge in [0.15, 0.2) is 0 Å². The van der Waals surface area contributed by atoms with Crippen LogP contribution in [-0.2, 0) is 14.8 Å². The number of benzene rings is 2. The van der Waals surface area contributed by atoms with Crippen LogP contribution in [0.15, 0.2) is 59.5 Å². The van der Waals surface area contributed by atoms with Crippen molar-refractivity contribution in [1.29, 1.82) is 0 Å². The Hall–Kier alpha value is -2.67. The number of carbonyl (C=O) groups excluding carboxylic acids is 1. The van der Waals surface area contributed by atoms with Gasteiger partial charge in [-0.3, -0.25) is 4.79 Å². The summed E-state index contributed by atoms with van der Waals surface area (Å²) in [6.45, 7) is 1.52. The lowest BCUT2D eigenvalue weighted by molar-refractivity contribution is -0.114. The zero-order valence-corrected chi connectivity index (χ0v) is 13.9. The molecule has 0 aromatic heterocycles. The van der Waals surface area contributed by atoms with Gasteiger partial charge in [-0.2, -0.15) is 0 Å². The lowest BCUT2D eigenvalue weighted by Gasteiger charge is -2.07. The van der Waals surface area contributed by atoms with Crippen LogP contribution in [0, 0.1) is 5.82 Å². The SMILES string of the molecule is COc1cccc(S(=O)(=O)NC(=O)C=C(C)c2ccccc2F)c1. The van der Waals surface area contributed by atoms with E-state index in [2.05, 4.69) is 0 Å². The summed E-state index contributed by atoms with van der Waals surface area (Å²) in [4.78, 5) is 11.9. The van der Waals surface area contributed by atoms with Crippen LogP contribution in [0.4, 0.5) is 4.39 Å². The van der Waals surface area contributed by atoms with E-state index in [1.807, 2.05) is 4.72 Å². The van der Waals surface area contributed by atoms with Crippen LogP contribution in [-0.4, -0.2) is 21.4 Å². The number of sulfonamides is 1. The molecule has 1 amide bonds. The Bertz CT molecular complexity index is 891. The highest BCUT2D eigenvalue weighted by Crippen LogP contribution is 2.18. The molecule has 1 N–H and O–H groups in total. The molecule has 0 spiro atoms. The van der Waals surface area contributed by atoms with E-state index < -0.39 is 21.7 Å².